The quantitative estimate of drug-likeness (QED) is 0.448. The van der Waals surface area contributed by atoms with E-state index in [0.717, 1.165) is 24.2 Å². The van der Waals surface area contributed by atoms with Gasteiger partial charge in [-0.2, -0.15) is 15.1 Å². The number of rotatable bonds is 6. The Bertz CT molecular complexity index is 1190. The molecule has 2 saturated heterocycles. The molecule has 2 amide bonds. The van der Waals surface area contributed by atoms with Gasteiger partial charge >= 0.3 is 0 Å². The van der Waals surface area contributed by atoms with Crippen LogP contribution in [0.3, 0.4) is 0 Å². The number of carbonyl (C=O) groups excluding carboxylic acids is 2. The first kappa shape index (κ1) is 20.0. The first-order valence-electron chi connectivity index (χ1n) is 11.7. The zero-order valence-electron chi connectivity index (χ0n) is 18.3. The molecule has 11 nitrogen and oxygen atoms in total. The van der Waals surface area contributed by atoms with Crippen LogP contribution in [0.25, 0.3) is 5.65 Å². The van der Waals surface area contributed by atoms with Crippen molar-refractivity contribution in [1.82, 2.24) is 35.2 Å². The third kappa shape index (κ3) is 3.98. The Morgan fingerprint density at radius 2 is 2.09 bits per heavy atom. The van der Waals surface area contributed by atoms with Crippen molar-refractivity contribution in [2.24, 2.45) is 0 Å². The summed E-state index contributed by atoms with van der Waals surface area (Å²) in [5, 5.41) is 16.7. The number of aromatic nitrogens is 5. The van der Waals surface area contributed by atoms with Crippen LogP contribution in [-0.2, 0) is 9.59 Å². The van der Waals surface area contributed by atoms with Gasteiger partial charge in [0.15, 0.2) is 5.82 Å². The number of piperidine rings is 1. The number of nitrogens with zero attached hydrogens (tertiary/aromatic N) is 5. The molecule has 4 N–H and O–H groups in total. The fraction of sp³-hybridized carbons (Fsp3) is 0.500. The highest BCUT2D eigenvalue weighted by Crippen LogP contribution is 2.39. The van der Waals surface area contributed by atoms with Crippen molar-refractivity contribution in [2.45, 2.75) is 56.5 Å². The van der Waals surface area contributed by atoms with Crippen LogP contribution in [0, 0.1) is 0 Å². The molecule has 1 saturated carbocycles. The van der Waals surface area contributed by atoms with Gasteiger partial charge in [-0.15, -0.1) is 0 Å². The lowest BCUT2D eigenvalue weighted by Gasteiger charge is -2.28. The molecule has 3 aromatic rings. The molecule has 6 rings (SSSR count). The van der Waals surface area contributed by atoms with Crippen LogP contribution >= 0.6 is 0 Å². The van der Waals surface area contributed by atoms with Gasteiger partial charge in [-0.3, -0.25) is 19.1 Å². The SMILES string of the molecule is O=C1CC[C@H](NC(=O)[C@@H]2CCCN2c2nc(Nc3cc(C4CC4)[nH]n3)n3cccc3n2)CN1. The van der Waals surface area contributed by atoms with Crippen LogP contribution in [-0.4, -0.2) is 61.6 Å². The molecule has 2 atom stereocenters. The lowest BCUT2D eigenvalue weighted by molar-refractivity contribution is -0.126. The summed E-state index contributed by atoms with van der Waals surface area (Å²) < 4.78 is 1.88. The molecule has 0 bridgehead atoms. The second-order valence-corrected chi connectivity index (χ2v) is 9.09. The molecule has 0 spiro atoms. The summed E-state index contributed by atoms with van der Waals surface area (Å²) in [5.41, 5.74) is 1.90. The number of H-pyrrole nitrogens is 1. The Kier molecular flexibility index (Phi) is 4.88. The van der Waals surface area contributed by atoms with E-state index < -0.39 is 0 Å². The largest absolute Gasteiger partial charge is 0.354 e. The summed E-state index contributed by atoms with van der Waals surface area (Å²) in [4.78, 5) is 36.0. The third-order valence-electron chi connectivity index (χ3n) is 6.65. The summed E-state index contributed by atoms with van der Waals surface area (Å²) in [7, 11) is 0. The molecule has 11 heteroatoms. The molecule has 33 heavy (non-hydrogen) atoms. The molecule has 1 aliphatic carbocycles. The van der Waals surface area contributed by atoms with E-state index in [4.69, 9.17) is 9.97 Å². The molecule has 0 unspecified atom stereocenters. The van der Waals surface area contributed by atoms with Gasteiger partial charge < -0.3 is 20.9 Å². The van der Waals surface area contributed by atoms with E-state index in [2.05, 4.69) is 26.1 Å². The van der Waals surface area contributed by atoms with E-state index in [1.165, 1.54) is 12.8 Å². The second kappa shape index (κ2) is 8.05. The Balaban J connectivity index is 1.23. The highest BCUT2D eigenvalue weighted by Gasteiger charge is 2.34. The van der Waals surface area contributed by atoms with Crippen LogP contribution in [0.2, 0.25) is 0 Å². The fourth-order valence-corrected chi connectivity index (χ4v) is 4.69. The molecule has 5 heterocycles. The number of fused-ring (bicyclic) bond motifs is 1. The lowest BCUT2D eigenvalue weighted by Crippen LogP contribution is -2.52. The Hall–Kier alpha value is -3.63. The zero-order chi connectivity index (χ0) is 22.4. The number of nitrogens with one attached hydrogen (secondary N) is 4. The van der Waals surface area contributed by atoms with Crippen LogP contribution in [0.4, 0.5) is 17.7 Å². The van der Waals surface area contributed by atoms with Gasteiger partial charge in [0.2, 0.25) is 23.7 Å². The molecular weight excluding hydrogens is 422 g/mol. The second-order valence-electron chi connectivity index (χ2n) is 9.09. The van der Waals surface area contributed by atoms with Crippen molar-refractivity contribution in [3.63, 3.8) is 0 Å². The maximum atomic E-state index is 13.1. The summed E-state index contributed by atoms with van der Waals surface area (Å²) in [6.45, 7) is 1.19. The van der Waals surface area contributed by atoms with Gasteiger partial charge in [-0.05, 0) is 44.2 Å². The molecular formula is C22H27N9O2. The van der Waals surface area contributed by atoms with Gasteiger partial charge in [-0.25, -0.2) is 0 Å². The number of hydrogen-bond acceptors (Lipinski definition) is 7. The van der Waals surface area contributed by atoms with Crippen molar-refractivity contribution in [2.75, 3.05) is 23.3 Å². The monoisotopic (exact) mass is 449 g/mol. The maximum absolute atomic E-state index is 13.1. The minimum Gasteiger partial charge on any atom is -0.354 e. The fourth-order valence-electron chi connectivity index (χ4n) is 4.69. The minimum atomic E-state index is -0.334. The smallest absolute Gasteiger partial charge is 0.243 e. The summed E-state index contributed by atoms with van der Waals surface area (Å²) >= 11 is 0. The van der Waals surface area contributed by atoms with Crippen LogP contribution in [0.5, 0.6) is 0 Å². The van der Waals surface area contributed by atoms with E-state index in [1.54, 1.807) is 0 Å². The van der Waals surface area contributed by atoms with Crippen molar-refractivity contribution < 1.29 is 9.59 Å². The predicted molar refractivity (Wildman–Crippen MR) is 121 cm³/mol. The number of aromatic amines is 1. The minimum absolute atomic E-state index is 0.0377. The predicted octanol–water partition coefficient (Wildman–Crippen LogP) is 1.44. The highest BCUT2D eigenvalue weighted by atomic mass is 16.2. The molecule has 0 aromatic carbocycles. The standard InChI is InChI=1S/C22H27N9O2/c32-19-8-7-14(12-23-19)24-20(33)16-3-1-9-30(16)22-26-18-4-2-10-31(18)21(27-22)25-17-11-15(28-29-17)13-5-6-13/h2,4,10-11,13-14,16H,1,3,5-9,12H2,(H,23,32)(H,24,33)(H2,25,26,27,28,29)/t14-,16-/m0/s1. The van der Waals surface area contributed by atoms with Crippen molar-refractivity contribution in [1.29, 1.82) is 0 Å². The van der Waals surface area contributed by atoms with Crippen LogP contribution in [0.1, 0.15) is 50.1 Å². The highest BCUT2D eigenvalue weighted by molar-refractivity contribution is 5.86. The molecule has 0 radical (unpaired) electrons. The Labute approximate surface area is 190 Å². The van der Waals surface area contributed by atoms with E-state index >= 15 is 0 Å². The number of hydrogen-bond donors (Lipinski definition) is 4. The molecule has 3 aromatic heterocycles. The molecule has 172 valence electrons. The van der Waals surface area contributed by atoms with Crippen molar-refractivity contribution in [3.05, 3.63) is 30.1 Å². The Morgan fingerprint density at radius 3 is 2.91 bits per heavy atom. The maximum Gasteiger partial charge on any atom is 0.243 e. The molecule has 3 fully saturated rings. The van der Waals surface area contributed by atoms with Crippen molar-refractivity contribution in [3.8, 4) is 0 Å². The topological polar surface area (TPSA) is 132 Å². The zero-order valence-corrected chi connectivity index (χ0v) is 18.3. The third-order valence-corrected chi connectivity index (χ3v) is 6.65. The Morgan fingerprint density at radius 1 is 1.18 bits per heavy atom. The summed E-state index contributed by atoms with van der Waals surface area (Å²) in [6.07, 6.45) is 7.05. The van der Waals surface area contributed by atoms with Crippen molar-refractivity contribution >= 4 is 35.2 Å². The summed E-state index contributed by atoms with van der Waals surface area (Å²) in [5.74, 6) is 2.43. The van der Waals surface area contributed by atoms with Crippen LogP contribution < -0.4 is 20.9 Å². The number of amides is 2. The number of anilines is 3. The molecule has 3 aliphatic rings. The first-order valence-corrected chi connectivity index (χ1v) is 11.7. The summed E-state index contributed by atoms with van der Waals surface area (Å²) in [6, 6.07) is 5.50. The van der Waals surface area contributed by atoms with Gasteiger partial charge in [0.1, 0.15) is 11.7 Å². The normalized spacial score (nSPS) is 23.0. The first-order chi connectivity index (χ1) is 16.1. The average molecular weight is 450 g/mol. The number of carbonyl (C=O) groups is 2. The lowest BCUT2D eigenvalue weighted by atomic mass is 10.1. The van der Waals surface area contributed by atoms with E-state index in [1.807, 2.05) is 33.7 Å². The van der Waals surface area contributed by atoms with E-state index in [0.29, 0.717) is 49.6 Å². The average Bonchev–Trinajstić information content (AvgIpc) is 3.20. The van der Waals surface area contributed by atoms with Gasteiger partial charge in [0.05, 0.1) is 0 Å². The van der Waals surface area contributed by atoms with E-state index in [-0.39, 0.29) is 23.9 Å². The van der Waals surface area contributed by atoms with Gasteiger partial charge in [0.25, 0.3) is 0 Å². The van der Waals surface area contributed by atoms with Gasteiger partial charge in [0, 0.05) is 49.4 Å². The molecule has 2 aliphatic heterocycles. The van der Waals surface area contributed by atoms with Gasteiger partial charge in [-0.1, -0.05) is 0 Å². The van der Waals surface area contributed by atoms with Crippen LogP contribution in [0.15, 0.2) is 24.4 Å². The van der Waals surface area contributed by atoms with E-state index in [9.17, 15) is 9.59 Å².